The van der Waals surface area contributed by atoms with Gasteiger partial charge >= 0.3 is 0 Å². The first kappa shape index (κ1) is 21.9. The van der Waals surface area contributed by atoms with Crippen LogP contribution >= 0.6 is 12.4 Å². The number of fused-ring (bicyclic) bond motifs is 8. The molecule has 2 N–H and O–H groups in total. The Balaban J connectivity index is 0.00000241. The number of halogens is 1. The van der Waals surface area contributed by atoms with E-state index < -0.39 is 0 Å². The fraction of sp³-hybridized carbons (Fsp3) is 0.103. The van der Waals surface area contributed by atoms with Crippen molar-refractivity contribution >= 4 is 58.8 Å². The first-order valence-electron chi connectivity index (χ1n) is 11.2. The van der Waals surface area contributed by atoms with Crippen LogP contribution < -0.4 is 0 Å². The average molecular weight is 465 g/mol. The minimum atomic E-state index is 0. The van der Waals surface area contributed by atoms with E-state index in [-0.39, 0.29) is 12.4 Å². The van der Waals surface area contributed by atoms with E-state index >= 15 is 0 Å². The number of benzene rings is 1. The van der Waals surface area contributed by atoms with Crippen molar-refractivity contribution in [1.29, 1.82) is 0 Å². The van der Waals surface area contributed by atoms with Gasteiger partial charge in [0.2, 0.25) is 0 Å². The van der Waals surface area contributed by atoms with Crippen LogP contribution in [0.2, 0.25) is 0 Å². The molecule has 0 saturated heterocycles. The lowest BCUT2D eigenvalue weighted by molar-refractivity contribution is 1.31. The van der Waals surface area contributed by atoms with Gasteiger partial charge in [-0.25, -0.2) is 9.97 Å². The summed E-state index contributed by atoms with van der Waals surface area (Å²) < 4.78 is 0. The highest BCUT2D eigenvalue weighted by Gasteiger charge is 2.12. The Morgan fingerprint density at radius 2 is 1.06 bits per heavy atom. The molecule has 2 aliphatic rings. The summed E-state index contributed by atoms with van der Waals surface area (Å²) in [6.45, 7) is 6.52. The zero-order valence-electron chi connectivity index (χ0n) is 19.3. The van der Waals surface area contributed by atoms with Crippen LogP contribution in [-0.4, -0.2) is 19.9 Å². The number of aromatic nitrogens is 4. The average Bonchev–Trinajstić information content (AvgIpc) is 3.53. The third-order valence-electron chi connectivity index (χ3n) is 6.11. The van der Waals surface area contributed by atoms with E-state index in [0.717, 1.165) is 44.8 Å². The van der Waals surface area contributed by atoms with Crippen molar-refractivity contribution in [2.45, 2.75) is 20.8 Å². The summed E-state index contributed by atoms with van der Waals surface area (Å²) in [7, 11) is 0. The van der Waals surface area contributed by atoms with Crippen molar-refractivity contribution in [2.75, 3.05) is 0 Å². The molecule has 34 heavy (non-hydrogen) atoms. The highest BCUT2D eigenvalue weighted by molar-refractivity contribution is 5.90. The summed E-state index contributed by atoms with van der Waals surface area (Å²) in [4.78, 5) is 16.6. The maximum absolute atomic E-state index is 4.83. The number of nitrogens with one attached hydrogen (secondary N) is 2. The molecule has 0 fully saturated rings. The monoisotopic (exact) mass is 464 g/mol. The van der Waals surface area contributed by atoms with Crippen molar-refractivity contribution in [3.63, 3.8) is 0 Å². The Hall–Kier alpha value is -3.89. The van der Waals surface area contributed by atoms with Gasteiger partial charge in [0.1, 0.15) is 0 Å². The first-order valence-corrected chi connectivity index (χ1v) is 11.2. The number of H-pyrrole nitrogens is 2. The predicted molar refractivity (Wildman–Crippen MR) is 146 cm³/mol. The fourth-order valence-corrected chi connectivity index (χ4v) is 4.83. The minimum Gasteiger partial charge on any atom is -0.355 e. The number of hydrogen-bond acceptors (Lipinski definition) is 2. The SMILES string of the molecule is Cc1cc(C)c(-c2cc3cc4nc(cc5ccc(cc6nc(cc2[nH]3)C=C6)[nH]5)C=C4)c(C)c1.Cl. The molecule has 0 radical (unpaired) electrons. The second kappa shape index (κ2) is 8.47. The molecule has 5 heteroatoms. The molecule has 8 bridgehead atoms. The molecule has 4 nitrogen and oxygen atoms in total. The molecule has 3 aromatic heterocycles. The Morgan fingerprint density at radius 3 is 1.62 bits per heavy atom. The van der Waals surface area contributed by atoms with E-state index in [1.54, 1.807) is 0 Å². The lowest BCUT2D eigenvalue weighted by Gasteiger charge is -2.10. The maximum atomic E-state index is 4.83. The topological polar surface area (TPSA) is 57.4 Å². The molecule has 168 valence electrons. The zero-order chi connectivity index (χ0) is 22.5. The molecule has 6 rings (SSSR count). The van der Waals surface area contributed by atoms with Crippen LogP contribution in [0.25, 0.3) is 57.5 Å². The van der Waals surface area contributed by atoms with Gasteiger partial charge in [-0.05, 0) is 104 Å². The van der Waals surface area contributed by atoms with E-state index in [2.05, 4.69) is 104 Å². The highest BCUT2D eigenvalue weighted by Crippen LogP contribution is 2.33. The molecule has 0 atom stereocenters. The van der Waals surface area contributed by atoms with E-state index in [9.17, 15) is 0 Å². The van der Waals surface area contributed by atoms with Gasteiger partial charge in [0.15, 0.2) is 0 Å². The number of rotatable bonds is 1. The fourth-order valence-electron chi connectivity index (χ4n) is 4.83. The number of nitrogens with zero attached hydrogens (tertiary/aromatic N) is 2. The summed E-state index contributed by atoms with van der Waals surface area (Å²) in [6.07, 6.45) is 8.21. The van der Waals surface area contributed by atoms with Crippen LogP contribution in [0.5, 0.6) is 0 Å². The standard InChI is InChI=1S/C29H24N4.ClH/c1-17-10-18(2)29(19(3)11-17)27-15-26-14-24-7-6-22(31-24)12-20-4-5-21(30-20)13-23-8-9-25(32-23)16-28(27)33-26;/h4-16,30,33H,1-3H3;1H. The molecule has 1 aromatic carbocycles. The summed E-state index contributed by atoms with van der Waals surface area (Å²) in [5, 5.41) is 0. The van der Waals surface area contributed by atoms with E-state index in [4.69, 9.17) is 9.97 Å². The summed E-state index contributed by atoms with van der Waals surface area (Å²) >= 11 is 0. The largest absolute Gasteiger partial charge is 0.355 e. The van der Waals surface area contributed by atoms with Crippen LogP contribution in [0, 0.1) is 20.8 Å². The predicted octanol–water partition coefficient (Wildman–Crippen LogP) is 7.67. The summed E-state index contributed by atoms with van der Waals surface area (Å²) in [6, 6.07) is 19.2. The maximum Gasteiger partial charge on any atom is 0.0658 e. The number of aromatic amines is 2. The highest BCUT2D eigenvalue weighted by atomic mass is 35.5. The Bertz CT molecular complexity index is 1630. The van der Waals surface area contributed by atoms with Gasteiger partial charge in [-0.2, -0.15) is 0 Å². The molecule has 0 amide bonds. The van der Waals surface area contributed by atoms with Gasteiger partial charge < -0.3 is 9.97 Å². The molecule has 2 aliphatic heterocycles. The van der Waals surface area contributed by atoms with E-state index in [0.29, 0.717) is 0 Å². The normalized spacial score (nSPS) is 12.1. The van der Waals surface area contributed by atoms with Crippen LogP contribution in [0.15, 0.2) is 54.6 Å². The zero-order valence-corrected chi connectivity index (χ0v) is 20.1. The van der Waals surface area contributed by atoms with Crippen LogP contribution in [0.1, 0.15) is 39.5 Å². The van der Waals surface area contributed by atoms with Crippen molar-refractivity contribution in [3.05, 3.63) is 94.1 Å². The van der Waals surface area contributed by atoms with Crippen molar-refractivity contribution < 1.29 is 0 Å². The number of aryl methyl sites for hydroxylation is 3. The summed E-state index contributed by atoms with van der Waals surface area (Å²) in [5.41, 5.74) is 14.1. The van der Waals surface area contributed by atoms with Crippen molar-refractivity contribution in [3.8, 4) is 11.1 Å². The molecule has 0 unspecified atom stereocenters. The minimum absolute atomic E-state index is 0. The lowest BCUT2D eigenvalue weighted by Crippen LogP contribution is -1.89. The molecule has 0 spiro atoms. The van der Waals surface area contributed by atoms with Crippen molar-refractivity contribution in [2.24, 2.45) is 0 Å². The van der Waals surface area contributed by atoms with Gasteiger partial charge in [0, 0.05) is 27.6 Å². The Morgan fingerprint density at radius 1 is 0.559 bits per heavy atom. The van der Waals surface area contributed by atoms with E-state index in [1.807, 2.05) is 6.08 Å². The van der Waals surface area contributed by atoms with Gasteiger partial charge in [-0.15, -0.1) is 12.4 Å². The van der Waals surface area contributed by atoms with Gasteiger partial charge in [0.25, 0.3) is 0 Å². The molecule has 0 aliphatic carbocycles. The number of hydrogen-bond donors (Lipinski definition) is 2. The summed E-state index contributed by atoms with van der Waals surface area (Å²) in [5.74, 6) is 0. The second-order valence-corrected chi connectivity index (χ2v) is 8.86. The third-order valence-corrected chi connectivity index (χ3v) is 6.11. The van der Waals surface area contributed by atoms with Crippen molar-refractivity contribution in [1.82, 2.24) is 19.9 Å². The molecular weight excluding hydrogens is 440 g/mol. The van der Waals surface area contributed by atoms with Gasteiger partial charge in [-0.1, -0.05) is 17.7 Å². The molecule has 5 heterocycles. The Labute approximate surface area is 204 Å². The van der Waals surface area contributed by atoms with Gasteiger partial charge in [0.05, 0.1) is 22.8 Å². The lowest BCUT2D eigenvalue weighted by atomic mass is 9.94. The first-order chi connectivity index (χ1) is 16.0. The smallest absolute Gasteiger partial charge is 0.0658 e. The van der Waals surface area contributed by atoms with Gasteiger partial charge in [-0.3, -0.25) is 0 Å². The third kappa shape index (κ3) is 4.09. The van der Waals surface area contributed by atoms with Crippen LogP contribution in [0.4, 0.5) is 0 Å². The van der Waals surface area contributed by atoms with Crippen LogP contribution in [-0.2, 0) is 0 Å². The van der Waals surface area contributed by atoms with E-state index in [1.165, 1.54) is 27.8 Å². The second-order valence-electron chi connectivity index (χ2n) is 8.86. The van der Waals surface area contributed by atoms with Crippen LogP contribution in [0.3, 0.4) is 0 Å². The quantitative estimate of drug-likeness (QED) is 0.262. The molecular formula is C29H25ClN4. The molecule has 4 aromatic rings. The Kier molecular flexibility index (Phi) is 5.46. The molecule has 0 saturated carbocycles.